The summed E-state index contributed by atoms with van der Waals surface area (Å²) in [5, 5.41) is 0. The molecule has 6 heteroatoms. The quantitative estimate of drug-likeness (QED) is 0.624. The highest BCUT2D eigenvalue weighted by Gasteiger charge is 2.15. The van der Waals surface area contributed by atoms with Crippen molar-refractivity contribution in [3.8, 4) is 28.7 Å². The van der Waals surface area contributed by atoms with Crippen molar-refractivity contribution in [2.45, 2.75) is 0 Å². The van der Waals surface area contributed by atoms with E-state index >= 15 is 0 Å². The first-order valence-corrected chi connectivity index (χ1v) is 6.62. The molecule has 22 heavy (non-hydrogen) atoms. The first-order chi connectivity index (χ1) is 10.8. The van der Waals surface area contributed by atoms with Gasteiger partial charge in [0, 0.05) is 6.07 Å². The summed E-state index contributed by atoms with van der Waals surface area (Å²) in [6, 6.07) is 12.0. The number of methoxy groups -OCH3 is 1. The van der Waals surface area contributed by atoms with Gasteiger partial charge in [-0.2, -0.15) is 0 Å². The zero-order valence-corrected chi connectivity index (χ0v) is 11.9. The molecule has 1 aliphatic rings. The molecule has 0 saturated heterocycles. The van der Waals surface area contributed by atoms with Crippen LogP contribution in [-0.4, -0.2) is 26.5 Å². The summed E-state index contributed by atoms with van der Waals surface area (Å²) in [5.74, 6) is 2.06. The van der Waals surface area contributed by atoms with Gasteiger partial charge in [-0.15, -0.1) is 0 Å². The fraction of sp³-hybridized carbons (Fsp3) is 0.188. The summed E-state index contributed by atoms with van der Waals surface area (Å²) in [6.45, 7) is -0.0571. The van der Waals surface area contributed by atoms with Gasteiger partial charge in [0.2, 0.25) is 6.79 Å². The van der Waals surface area contributed by atoms with E-state index in [1.165, 1.54) is 7.11 Å². The lowest BCUT2D eigenvalue weighted by Crippen LogP contribution is -2.17. The maximum absolute atomic E-state index is 11.8. The normalized spacial score (nSPS) is 11.9. The summed E-state index contributed by atoms with van der Waals surface area (Å²) in [6.07, 6.45) is 0. The molecule has 0 bridgehead atoms. The van der Waals surface area contributed by atoms with Crippen molar-refractivity contribution in [3.63, 3.8) is 0 Å². The molecular formula is C16H14O6. The Morgan fingerprint density at radius 1 is 1.09 bits per heavy atom. The van der Waals surface area contributed by atoms with Crippen LogP contribution in [0.3, 0.4) is 0 Å². The monoisotopic (exact) mass is 302 g/mol. The molecule has 0 aromatic heterocycles. The van der Waals surface area contributed by atoms with Gasteiger partial charge in [0.15, 0.2) is 29.6 Å². The summed E-state index contributed by atoms with van der Waals surface area (Å²) in [7, 11) is 1.53. The third-order valence-electron chi connectivity index (χ3n) is 2.99. The second-order valence-corrected chi connectivity index (χ2v) is 4.43. The van der Waals surface area contributed by atoms with Gasteiger partial charge in [0.05, 0.1) is 7.11 Å². The molecule has 1 heterocycles. The van der Waals surface area contributed by atoms with Crippen LogP contribution in [0.2, 0.25) is 0 Å². The van der Waals surface area contributed by atoms with E-state index < -0.39 is 5.97 Å². The van der Waals surface area contributed by atoms with Crippen molar-refractivity contribution in [2.24, 2.45) is 0 Å². The highest BCUT2D eigenvalue weighted by molar-refractivity contribution is 5.74. The molecule has 2 aromatic rings. The topological polar surface area (TPSA) is 63.2 Å². The van der Waals surface area contributed by atoms with Gasteiger partial charge in [0.25, 0.3) is 0 Å². The van der Waals surface area contributed by atoms with E-state index in [9.17, 15) is 4.79 Å². The zero-order chi connectivity index (χ0) is 15.4. The number of esters is 1. The molecule has 0 aliphatic carbocycles. The van der Waals surface area contributed by atoms with Crippen molar-refractivity contribution < 1.29 is 28.5 Å². The molecule has 0 radical (unpaired) electrons. The number of ether oxygens (including phenoxy) is 5. The Morgan fingerprint density at radius 2 is 1.86 bits per heavy atom. The minimum atomic E-state index is -0.523. The third-order valence-corrected chi connectivity index (χ3v) is 2.99. The maximum Gasteiger partial charge on any atom is 0.349 e. The Labute approximate surface area is 127 Å². The predicted molar refractivity (Wildman–Crippen MR) is 76.7 cm³/mol. The molecule has 1 aliphatic heterocycles. The molecule has 0 N–H and O–H groups in total. The lowest BCUT2D eigenvalue weighted by atomic mass is 10.3. The third kappa shape index (κ3) is 3.06. The fourth-order valence-electron chi connectivity index (χ4n) is 1.98. The summed E-state index contributed by atoms with van der Waals surface area (Å²) in [4.78, 5) is 11.8. The minimum absolute atomic E-state index is 0.170. The van der Waals surface area contributed by atoms with E-state index in [2.05, 4.69) is 0 Å². The smallest absolute Gasteiger partial charge is 0.349 e. The Morgan fingerprint density at radius 3 is 2.68 bits per heavy atom. The number of para-hydroxylation sites is 2. The second-order valence-electron chi connectivity index (χ2n) is 4.43. The molecular weight excluding hydrogens is 288 g/mol. The van der Waals surface area contributed by atoms with Crippen molar-refractivity contribution >= 4 is 5.97 Å². The molecule has 0 spiro atoms. The standard InChI is InChI=1S/C16H14O6/c1-18-12-4-2-3-5-13(12)19-9-16(17)22-11-6-7-14-15(8-11)21-10-20-14/h2-8H,9-10H2,1H3. The number of fused-ring (bicyclic) bond motifs is 1. The first-order valence-electron chi connectivity index (χ1n) is 6.62. The predicted octanol–water partition coefficient (Wildman–Crippen LogP) is 2.41. The SMILES string of the molecule is COc1ccccc1OCC(=O)Oc1ccc2c(c1)OCO2. The van der Waals surface area contributed by atoms with Gasteiger partial charge < -0.3 is 23.7 Å². The number of hydrogen-bond donors (Lipinski definition) is 0. The molecule has 0 saturated carbocycles. The Balaban J connectivity index is 1.58. The van der Waals surface area contributed by atoms with Crippen LogP contribution in [0.4, 0.5) is 0 Å². The van der Waals surface area contributed by atoms with Crippen LogP contribution in [0.5, 0.6) is 28.7 Å². The van der Waals surface area contributed by atoms with E-state index in [0.717, 1.165) is 0 Å². The lowest BCUT2D eigenvalue weighted by Gasteiger charge is -2.10. The first kappa shape index (κ1) is 14.1. The molecule has 2 aromatic carbocycles. The molecule has 0 amide bonds. The fourth-order valence-corrected chi connectivity index (χ4v) is 1.98. The van der Waals surface area contributed by atoms with Gasteiger partial charge in [-0.1, -0.05) is 12.1 Å². The highest BCUT2D eigenvalue weighted by Crippen LogP contribution is 2.35. The molecule has 3 rings (SSSR count). The number of carbonyl (C=O) groups excluding carboxylic acids is 1. The van der Waals surface area contributed by atoms with E-state index in [0.29, 0.717) is 28.7 Å². The Hall–Kier alpha value is -2.89. The van der Waals surface area contributed by atoms with Crippen LogP contribution in [-0.2, 0) is 4.79 Å². The van der Waals surface area contributed by atoms with Crippen LogP contribution >= 0.6 is 0 Å². The van der Waals surface area contributed by atoms with Crippen molar-refractivity contribution in [1.29, 1.82) is 0 Å². The van der Waals surface area contributed by atoms with E-state index in [1.807, 2.05) is 6.07 Å². The van der Waals surface area contributed by atoms with E-state index in [4.69, 9.17) is 23.7 Å². The Bertz CT molecular complexity index is 682. The molecule has 0 fully saturated rings. The molecule has 6 nitrogen and oxygen atoms in total. The van der Waals surface area contributed by atoms with Crippen LogP contribution < -0.4 is 23.7 Å². The van der Waals surface area contributed by atoms with Crippen LogP contribution in [0, 0.1) is 0 Å². The average molecular weight is 302 g/mol. The number of benzene rings is 2. The van der Waals surface area contributed by atoms with Crippen LogP contribution in [0.1, 0.15) is 0 Å². The lowest BCUT2D eigenvalue weighted by molar-refractivity contribution is -0.136. The van der Waals surface area contributed by atoms with Crippen molar-refractivity contribution in [2.75, 3.05) is 20.5 Å². The van der Waals surface area contributed by atoms with Gasteiger partial charge in [-0.25, -0.2) is 4.79 Å². The number of hydrogen-bond acceptors (Lipinski definition) is 6. The summed E-state index contributed by atoms with van der Waals surface area (Å²) in [5.41, 5.74) is 0. The average Bonchev–Trinajstić information content (AvgIpc) is 3.01. The van der Waals surface area contributed by atoms with E-state index in [1.54, 1.807) is 36.4 Å². The molecule has 0 atom stereocenters. The van der Waals surface area contributed by atoms with Crippen LogP contribution in [0.25, 0.3) is 0 Å². The van der Waals surface area contributed by atoms with Gasteiger partial charge in [0.1, 0.15) is 5.75 Å². The zero-order valence-electron chi connectivity index (χ0n) is 11.9. The highest BCUT2D eigenvalue weighted by atomic mass is 16.7. The van der Waals surface area contributed by atoms with Crippen molar-refractivity contribution in [1.82, 2.24) is 0 Å². The molecule has 114 valence electrons. The van der Waals surface area contributed by atoms with Gasteiger partial charge in [-0.05, 0) is 24.3 Å². The summed E-state index contributed by atoms with van der Waals surface area (Å²) >= 11 is 0. The second kappa shape index (κ2) is 6.26. The van der Waals surface area contributed by atoms with Crippen molar-refractivity contribution in [3.05, 3.63) is 42.5 Å². The summed E-state index contributed by atoms with van der Waals surface area (Å²) < 4.78 is 26.1. The number of rotatable bonds is 5. The van der Waals surface area contributed by atoms with E-state index in [-0.39, 0.29) is 13.4 Å². The largest absolute Gasteiger partial charge is 0.493 e. The van der Waals surface area contributed by atoms with Crippen LogP contribution in [0.15, 0.2) is 42.5 Å². The number of carbonyl (C=O) groups is 1. The molecule has 0 unspecified atom stereocenters. The Kier molecular flexibility index (Phi) is 4.00. The maximum atomic E-state index is 11.8. The minimum Gasteiger partial charge on any atom is -0.493 e. The van der Waals surface area contributed by atoms with Gasteiger partial charge >= 0.3 is 5.97 Å². The van der Waals surface area contributed by atoms with Gasteiger partial charge in [-0.3, -0.25) is 0 Å².